The third kappa shape index (κ3) is 3.27. The number of carbonyl (C=O) groups excluding carboxylic acids is 1. The van der Waals surface area contributed by atoms with Crippen molar-refractivity contribution in [1.82, 2.24) is 0 Å². The number of hydrogen-bond acceptors (Lipinski definition) is 6. The van der Waals surface area contributed by atoms with E-state index in [1.807, 2.05) is 25.3 Å². The van der Waals surface area contributed by atoms with E-state index in [0.29, 0.717) is 0 Å². The van der Waals surface area contributed by atoms with Crippen LogP contribution in [0.1, 0.15) is 25.0 Å². The molecule has 152 valence electrons. The van der Waals surface area contributed by atoms with Gasteiger partial charge in [0.2, 0.25) is 5.90 Å². The second-order valence-electron chi connectivity index (χ2n) is 7.57. The summed E-state index contributed by atoms with van der Waals surface area (Å²) in [4.78, 5) is 29.1. The topological polar surface area (TPSA) is 85.0 Å². The van der Waals surface area contributed by atoms with Crippen LogP contribution in [0, 0.1) is 10.1 Å². The van der Waals surface area contributed by atoms with Crippen molar-refractivity contribution in [3.05, 3.63) is 92.3 Å². The lowest BCUT2D eigenvalue weighted by atomic mass is 9.84. The summed E-state index contributed by atoms with van der Waals surface area (Å²) in [5.74, 6) is -0.641. The Labute approximate surface area is 178 Å². The van der Waals surface area contributed by atoms with Gasteiger partial charge in [-0.2, -0.15) is 0 Å². The molecule has 0 amide bonds. The molecule has 8 heteroatoms. The number of aliphatic imine (C=N–C) groups is 1. The molecule has 0 aromatic heterocycles. The minimum atomic E-state index is -0.625. The number of anilines is 1. The Morgan fingerprint density at radius 2 is 1.93 bits per heavy atom. The maximum Gasteiger partial charge on any atom is 0.363 e. The van der Waals surface area contributed by atoms with Crippen molar-refractivity contribution in [2.24, 2.45) is 4.99 Å². The molecule has 0 saturated carbocycles. The lowest BCUT2D eigenvalue weighted by Crippen LogP contribution is -2.22. The molecule has 0 aliphatic carbocycles. The van der Waals surface area contributed by atoms with E-state index >= 15 is 0 Å². The first kappa shape index (κ1) is 19.8. The van der Waals surface area contributed by atoms with Crippen molar-refractivity contribution in [3.63, 3.8) is 0 Å². The quantitative estimate of drug-likeness (QED) is 0.308. The molecule has 0 N–H and O–H groups in total. The molecular formula is C22H18ClN3O4. The number of benzene rings is 2. The van der Waals surface area contributed by atoms with Gasteiger partial charge in [-0.3, -0.25) is 10.1 Å². The number of fused-ring (bicyclic) bond motifs is 1. The Balaban J connectivity index is 1.70. The number of para-hydroxylation sites is 1. The van der Waals surface area contributed by atoms with Crippen LogP contribution in [0.3, 0.4) is 0 Å². The van der Waals surface area contributed by atoms with Crippen LogP contribution in [0.25, 0.3) is 0 Å². The number of carbonyl (C=O) groups is 1. The number of ether oxygens (including phenoxy) is 1. The largest absolute Gasteiger partial charge is 0.402 e. The average molecular weight is 424 g/mol. The summed E-state index contributed by atoms with van der Waals surface area (Å²) >= 11 is 5.95. The van der Waals surface area contributed by atoms with E-state index in [1.54, 1.807) is 6.08 Å². The fourth-order valence-electron chi connectivity index (χ4n) is 3.81. The van der Waals surface area contributed by atoms with Gasteiger partial charge in [0.25, 0.3) is 5.69 Å². The Kier molecular flexibility index (Phi) is 4.70. The number of non-ortho nitro benzene ring substituents is 1. The highest BCUT2D eigenvalue weighted by Crippen LogP contribution is 2.46. The lowest BCUT2D eigenvalue weighted by molar-refractivity contribution is -0.384. The number of halogens is 1. The van der Waals surface area contributed by atoms with E-state index < -0.39 is 10.9 Å². The van der Waals surface area contributed by atoms with Crippen molar-refractivity contribution < 1.29 is 14.5 Å². The van der Waals surface area contributed by atoms with Crippen molar-refractivity contribution >= 4 is 34.8 Å². The molecule has 30 heavy (non-hydrogen) atoms. The first-order valence-electron chi connectivity index (χ1n) is 9.20. The van der Waals surface area contributed by atoms with Gasteiger partial charge in [-0.05, 0) is 29.8 Å². The molecule has 2 heterocycles. The molecule has 0 unspecified atom stereocenters. The molecule has 2 aliphatic heterocycles. The number of nitro benzene ring substituents is 1. The molecular weight excluding hydrogens is 406 g/mol. The SMILES string of the molecule is CN1/C(=C/C=C2\N=C(c3cc(Cl)cc([N+](=O)[O-])c3)OC2=O)C(C)(C)c2ccccc21. The molecule has 0 radical (unpaired) electrons. The first-order valence-corrected chi connectivity index (χ1v) is 9.58. The minimum absolute atomic E-state index is 0.0161. The minimum Gasteiger partial charge on any atom is -0.402 e. The standard InChI is InChI=1S/C22H18ClN3O4/c1-22(2)16-6-4-5-7-18(16)25(3)19(22)9-8-17-21(27)30-20(24-17)13-10-14(23)12-15(11-13)26(28)29/h4-12H,1-3H3/b17-8-,19-9+. The van der Waals surface area contributed by atoms with E-state index in [1.165, 1.54) is 23.8 Å². The highest BCUT2D eigenvalue weighted by atomic mass is 35.5. The van der Waals surface area contributed by atoms with Gasteiger partial charge >= 0.3 is 5.97 Å². The highest BCUT2D eigenvalue weighted by Gasteiger charge is 2.38. The summed E-state index contributed by atoms with van der Waals surface area (Å²) in [5.41, 5.74) is 3.24. The maximum atomic E-state index is 12.3. The van der Waals surface area contributed by atoms with Gasteiger partial charge in [0.15, 0.2) is 5.70 Å². The summed E-state index contributed by atoms with van der Waals surface area (Å²) in [7, 11) is 1.98. The number of hydrogen-bond donors (Lipinski definition) is 0. The molecule has 0 spiro atoms. The third-order valence-electron chi connectivity index (χ3n) is 5.30. The van der Waals surface area contributed by atoms with Crippen LogP contribution in [-0.4, -0.2) is 23.8 Å². The number of rotatable bonds is 3. The summed E-state index contributed by atoms with van der Waals surface area (Å²) in [6, 6.07) is 12.1. The van der Waals surface area contributed by atoms with Crippen LogP contribution in [-0.2, 0) is 14.9 Å². The van der Waals surface area contributed by atoms with E-state index in [4.69, 9.17) is 16.3 Å². The molecule has 0 bridgehead atoms. The third-order valence-corrected chi connectivity index (χ3v) is 5.52. The zero-order valence-corrected chi connectivity index (χ0v) is 17.3. The summed E-state index contributed by atoms with van der Waals surface area (Å²) in [6.07, 6.45) is 3.46. The number of cyclic esters (lactones) is 1. The number of esters is 1. The second kappa shape index (κ2) is 7.11. The number of nitro groups is 1. The van der Waals surface area contributed by atoms with Gasteiger partial charge in [-0.25, -0.2) is 9.79 Å². The average Bonchev–Trinajstić information content (AvgIpc) is 3.16. The highest BCUT2D eigenvalue weighted by molar-refractivity contribution is 6.31. The molecule has 2 aromatic carbocycles. The van der Waals surface area contributed by atoms with Crippen LogP contribution in [0.5, 0.6) is 0 Å². The van der Waals surface area contributed by atoms with Gasteiger partial charge in [0, 0.05) is 46.6 Å². The van der Waals surface area contributed by atoms with E-state index in [2.05, 4.69) is 35.9 Å². The predicted octanol–water partition coefficient (Wildman–Crippen LogP) is 4.75. The Hall–Kier alpha value is -3.45. The van der Waals surface area contributed by atoms with Gasteiger partial charge < -0.3 is 9.64 Å². The van der Waals surface area contributed by atoms with E-state index in [-0.39, 0.29) is 33.3 Å². The molecule has 2 aromatic rings. The van der Waals surface area contributed by atoms with Crippen LogP contribution in [0.4, 0.5) is 11.4 Å². The smallest absolute Gasteiger partial charge is 0.363 e. The monoisotopic (exact) mass is 423 g/mol. The summed E-state index contributed by atoms with van der Waals surface area (Å²) in [6.45, 7) is 4.23. The molecule has 0 atom stereocenters. The maximum absolute atomic E-state index is 12.3. The lowest BCUT2D eigenvalue weighted by Gasteiger charge is -2.23. The van der Waals surface area contributed by atoms with E-state index in [9.17, 15) is 14.9 Å². The zero-order chi connectivity index (χ0) is 21.6. The van der Waals surface area contributed by atoms with Crippen molar-refractivity contribution in [1.29, 1.82) is 0 Å². The van der Waals surface area contributed by atoms with Gasteiger partial charge in [-0.15, -0.1) is 0 Å². The van der Waals surface area contributed by atoms with Crippen LogP contribution >= 0.6 is 11.6 Å². The van der Waals surface area contributed by atoms with Gasteiger partial charge in [0.1, 0.15) is 0 Å². The van der Waals surface area contributed by atoms with Crippen molar-refractivity contribution in [2.75, 3.05) is 11.9 Å². The predicted molar refractivity (Wildman–Crippen MR) is 115 cm³/mol. The molecule has 4 rings (SSSR count). The molecule has 2 aliphatic rings. The Morgan fingerprint density at radius 1 is 1.20 bits per heavy atom. The molecule has 0 fully saturated rings. The molecule has 0 saturated heterocycles. The van der Waals surface area contributed by atoms with Crippen LogP contribution in [0.15, 0.2) is 71.0 Å². The Morgan fingerprint density at radius 3 is 2.63 bits per heavy atom. The van der Waals surface area contributed by atoms with Gasteiger partial charge in [-0.1, -0.05) is 43.6 Å². The fourth-order valence-corrected chi connectivity index (χ4v) is 4.04. The summed E-state index contributed by atoms with van der Waals surface area (Å²) in [5, 5.41) is 11.2. The Bertz CT molecular complexity index is 1180. The normalized spacial score (nSPS) is 19.8. The van der Waals surface area contributed by atoms with Crippen LogP contribution < -0.4 is 4.90 Å². The second-order valence-corrected chi connectivity index (χ2v) is 8.00. The molecule has 7 nitrogen and oxygen atoms in total. The van der Waals surface area contributed by atoms with Crippen molar-refractivity contribution in [3.8, 4) is 0 Å². The first-order chi connectivity index (χ1) is 14.2. The summed E-state index contributed by atoms with van der Waals surface area (Å²) < 4.78 is 5.22. The number of allylic oxidation sites excluding steroid dienone is 3. The fraction of sp³-hybridized carbons (Fsp3) is 0.182. The van der Waals surface area contributed by atoms with Gasteiger partial charge in [0.05, 0.1) is 4.92 Å². The zero-order valence-electron chi connectivity index (χ0n) is 16.5. The number of nitrogens with zero attached hydrogens (tertiary/aromatic N) is 3. The van der Waals surface area contributed by atoms with E-state index in [0.717, 1.165) is 11.4 Å². The number of likely N-dealkylation sites (N-methyl/N-ethyl adjacent to an activating group) is 1. The van der Waals surface area contributed by atoms with Crippen molar-refractivity contribution in [2.45, 2.75) is 19.3 Å². The van der Waals surface area contributed by atoms with Crippen LogP contribution in [0.2, 0.25) is 5.02 Å².